The lowest BCUT2D eigenvalue weighted by Gasteiger charge is -2.19. The summed E-state index contributed by atoms with van der Waals surface area (Å²) in [5.74, 6) is -1.08. The predicted octanol–water partition coefficient (Wildman–Crippen LogP) is -0.890. The molecule has 6 heteroatoms. The zero-order chi connectivity index (χ0) is 12.4. The van der Waals surface area contributed by atoms with E-state index in [0.717, 1.165) is 19.3 Å². The van der Waals surface area contributed by atoms with Gasteiger partial charge in [0.15, 0.2) is 0 Å². The Balaban J connectivity index is 4.04. The van der Waals surface area contributed by atoms with Crippen LogP contribution in [0.1, 0.15) is 32.6 Å². The van der Waals surface area contributed by atoms with Gasteiger partial charge in [0.1, 0.15) is 19.4 Å². The fourth-order valence-corrected chi connectivity index (χ4v) is 1.26. The van der Waals surface area contributed by atoms with Crippen LogP contribution in [0, 0.1) is 0 Å². The third kappa shape index (κ3) is 7.19. The minimum absolute atomic E-state index is 0.522. The highest BCUT2D eigenvalue weighted by Crippen LogP contribution is 2.01. The molecule has 6 nitrogen and oxygen atoms in total. The van der Waals surface area contributed by atoms with Crippen molar-refractivity contribution in [1.82, 2.24) is 10.6 Å². The average Bonchev–Trinajstić information content (AvgIpc) is 2.28. The van der Waals surface area contributed by atoms with Crippen molar-refractivity contribution >= 4 is 11.8 Å². The number of hydrogen-bond donors (Lipinski definition) is 4. The second-order valence-electron chi connectivity index (χ2n) is 3.50. The highest BCUT2D eigenvalue weighted by Gasteiger charge is 2.13. The lowest BCUT2D eigenvalue weighted by atomic mass is 10.1. The molecule has 0 atom stereocenters. The molecular weight excluding hydrogens is 212 g/mol. The zero-order valence-electron chi connectivity index (χ0n) is 9.53. The smallest absolute Gasteiger partial charge is 0.247 e. The molecule has 0 radical (unpaired) electrons. The van der Waals surface area contributed by atoms with Crippen LogP contribution >= 0.6 is 0 Å². The average molecular weight is 232 g/mol. The fraction of sp³-hybridized carbons (Fsp3) is 0.800. The van der Waals surface area contributed by atoms with Crippen molar-refractivity contribution in [3.8, 4) is 0 Å². The van der Waals surface area contributed by atoms with Crippen LogP contribution in [0.15, 0.2) is 0 Å². The molecule has 0 bridgehead atoms. The second kappa shape index (κ2) is 9.11. The molecule has 94 valence electrons. The monoisotopic (exact) mass is 232 g/mol. The summed E-state index contributed by atoms with van der Waals surface area (Å²) in [6.45, 7) is 0.826. The van der Waals surface area contributed by atoms with Crippen molar-refractivity contribution in [2.45, 2.75) is 38.8 Å². The van der Waals surface area contributed by atoms with Crippen molar-refractivity contribution in [3.05, 3.63) is 0 Å². The third-order valence-corrected chi connectivity index (χ3v) is 2.05. The highest BCUT2D eigenvalue weighted by molar-refractivity contribution is 5.80. The number of unbranched alkanes of at least 4 members (excludes halogenated alkanes) is 2. The number of rotatable bonds is 8. The van der Waals surface area contributed by atoms with E-state index in [0.29, 0.717) is 6.42 Å². The standard InChI is InChI=1S/C10H20N2O4/c1-2-3-4-5-8(11-9(15)6-13)12-10(16)7-14/h8,13-14H,2-7H2,1H3,(H,11,15)(H,12,16). The molecule has 0 saturated heterocycles. The number of carbonyl (C=O) groups excluding carboxylic acids is 2. The van der Waals surface area contributed by atoms with Crippen molar-refractivity contribution in [1.29, 1.82) is 0 Å². The van der Waals surface area contributed by atoms with Crippen LogP contribution in [0.25, 0.3) is 0 Å². The molecule has 0 aliphatic rings. The zero-order valence-corrected chi connectivity index (χ0v) is 9.53. The van der Waals surface area contributed by atoms with Gasteiger partial charge in [0.05, 0.1) is 0 Å². The lowest BCUT2D eigenvalue weighted by molar-refractivity contribution is -0.127. The van der Waals surface area contributed by atoms with Gasteiger partial charge in [-0.3, -0.25) is 9.59 Å². The van der Waals surface area contributed by atoms with E-state index in [1.165, 1.54) is 0 Å². The van der Waals surface area contributed by atoms with Crippen LogP contribution in [0.3, 0.4) is 0 Å². The van der Waals surface area contributed by atoms with Crippen molar-refractivity contribution in [2.24, 2.45) is 0 Å². The van der Waals surface area contributed by atoms with Gasteiger partial charge in [-0.1, -0.05) is 19.8 Å². The Labute approximate surface area is 95.0 Å². The van der Waals surface area contributed by atoms with Gasteiger partial charge in [-0.05, 0) is 12.8 Å². The van der Waals surface area contributed by atoms with E-state index in [4.69, 9.17) is 10.2 Å². The van der Waals surface area contributed by atoms with Gasteiger partial charge in [-0.15, -0.1) is 0 Å². The summed E-state index contributed by atoms with van der Waals surface area (Å²) in [4.78, 5) is 21.9. The number of aliphatic hydroxyl groups is 2. The number of aliphatic hydroxyl groups excluding tert-OH is 2. The molecule has 0 aromatic rings. The Bertz CT molecular complexity index is 203. The Morgan fingerprint density at radius 1 is 1.06 bits per heavy atom. The molecule has 0 aliphatic carbocycles. The molecule has 0 fully saturated rings. The molecule has 0 saturated carbocycles. The number of hydrogen-bond acceptors (Lipinski definition) is 4. The maximum atomic E-state index is 10.9. The van der Waals surface area contributed by atoms with Gasteiger partial charge < -0.3 is 20.8 Å². The molecule has 0 rings (SSSR count). The van der Waals surface area contributed by atoms with Crippen molar-refractivity contribution in [2.75, 3.05) is 13.2 Å². The molecule has 0 aromatic carbocycles. The summed E-state index contributed by atoms with van der Waals surface area (Å²) >= 11 is 0. The van der Waals surface area contributed by atoms with Crippen molar-refractivity contribution in [3.63, 3.8) is 0 Å². The van der Waals surface area contributed by atoms with Gasteiger partial charge in [0.2, 0.25) is 11.8 Å². The molecule has 4 N–H and O–H groups in total. The van der Waals surface area contributed by atoms with Crippen LogP contribution in [-0.4, -0.2) is 41.4 Å². The summed E-state index contributed by atoms with van der Waals surface area (Å²) in [7, 11) is 0. The van der Waals surface area contributed by atoms with Gasteiger partial charge in [-0.25, -0.2) is 0 Å². The number of nitrogens with one attached hydrogen (secondary N) is 2. The lowest BCUT2D eigenvalue weighted by Crippen LogP contribution is -2.49. The SMILES string of the molecule is CCCCCC(NC(=O)CO)NC(=O)CO. The molecule has 0 heterocycles. The minimum Gasteiger partial charge on any atom is -0.387 e. The summed E-state index contributed by atoms with van der Waals surface area (Å²) in [6, 6.07) is 0. The van der Waals surface area contributed by atoms with Crippen LogP contribution in [0.5, 0.6) is 0 Å². The van der Waals surface area contributed by atoms with Crippen LogP contribution in [0.4, 0.5) is 0 Å². The molecular formula is C10H20N2O4. The van der Waals surface area contributed by atoms with Gasteiger partial charge in [0.25, 0.3) is 0 Å². The molecule has 0 aliphatic heterocycles. The largest absolute Gasteiger partial charge is 0.387 e. The van der Waals surface area contributed by atoms with E-state index in [1.54, 1.807) is 0 Å². The normalized spacial score (nSPS) is 10.2. The van der Waals surface area contributed by atoms with E-state index in [9.17, 15) is 9.59 Å². The first-order valence-electron chi connectivity index (χ1n) is 5.44. The minimum atomic E-state index is -0.612. The first-order valence-corrected chi connectivity index (χ1v) is 5.44. The summed E-state index contributed by atoms with van der Waals surface area (Å²) in [6.07, 6.45) is 2.96. The van der Waals surface area contributed by atoms with Crippen LogP contribution in [-0.2, 0) is 9.59 Å². The Morgan fingerprint density at radius 3 is 1.94 bits per heavy atom. The molecule has 0 spiro atoms. The van der Waals surface area contributed by atoms with E-state index in [2.05, 4.69) is 10.6 Å². The van der Waals surface area contributed by atoms with Gasteiger partial charge in [-0.2, -0.15) is 0 Å². The number of carbonyl (C=O) groups is 2. The van der Waals surface area contributed by atoms with Crippen molar-refractivity contribution < 1.29 is 19.8 Å². The Kier molecular flexibility index (Phi) is 8.46. The second-order valence-corrected chi connectivity index (χ2v) is 3.50. The van der Waals surface area contributed by atoms with Crippen LogP contribution < -0.4 is 10.6 Å². The van der Waals surface area contributed by atoms with Gasteiger partial charge in [0, 0.05) is 0 Å². The maximum Gasteiger partial charge on any atom is 0.247 e. The van der Waals surface area contributed by atoms with Gasteiger partial charge >= 0.3 is 0 Å². The van der Waals surface area contributed by atoms with E-state index in [-0.39, 0.29) is 0 Å². The Hall–Kier alpha value is -1.14. The van der Waals surface area contributed by atoms with E-state index < -0.39 is 31.2 Å². The third-order valence-electron chi connectivity index (χ3n) is 2.05. The summed E-state index contributed by atoms with van der Waals surface area (Å²) < 4.78 is 0. The Morgan fingerprint density at radius 2 is 1.56 bits per heavy atom. The quantitative estimate of drug-likeness (QED) is 0.322. The first-order chi connectivity index (χ1) is 7.63. The predicted molar refractivity (Wildman–Crippen MR) is 58.4 cm³/mol. The molecule has 16 heavy (non-hydrogen) atoms. The maximum absolute atomic E-state index is 10.9. The van der Waals surface area contributed by atoms with Crippen LogP contribution in [0.2, 0.25) is 0 Å². The summed E-state index contributed by atoms with van der Waals surface area (Å²) in [5.41, 5.74) is 0. The molecule has 0 unspecified atom stereocenters. The number of amides is 2. The molecule has 0 aromatic heterocycles. The fourth-order valence-electron chi connectivity index (χ4n) is 1.26. The topological polar surface area (TPSA) is 98.7 Å². The first kappa shape index (κ1) is 14.9. The molecule has 2 amide bonds. The summed E-state index contributed by atoms with van der Waals surface area (Å²) in [5, 5.41) is 22.1. The van der Waals surface area contributed by atoms with E-state index in [1.807, 2.05) is 6.92 Å². The highest BCUT2D eigenvalue weighted by atomic mass is 16.3. The van der Waals surface area contributed by atoms with E-state index >= 15 is 0 Å².